The van der Waals surface area contributed by atoms with E-state index >= 15 is 0 Å². The van der Waals surface area contributed by atoms with E-state index in [4.69, 9.17) is 21.1 Å². The van der Waals surface area contributed by atoms with Crippen molar-refractivity contribution in [3.63, 3.8) is 0 Å². The van der Waals surface area contributed by atoms with Gasteiger partial charge in [-0.15, -0.1) is 0 Å². The van der Waals surface area contributed by atoms with Crippen molar-refractivity contribution in [3.8, 4) is 0 Å². The lowest BCUT2D eigenvalue weighted by molar-refractivity contribution is -0.155. The minimum absolute atomic E-state index is 0.0463. The van der Waals surface area contributed by atoms with Crippen LogP contribution < -0.4 is 0 Å². The second kappa shape index (κ2) is 7.52. The Hall–Kier alpha value is -1.14. The van der Waals surface area contributed by atoms with E-state index in [1.807, 2.05) is 30.9 Å². The second-order valence-corrected chi connectivity index (χ2v) is 10.4. The molecule has 0 bridgehead atoms. The number of rotatable bonds is 3. The molecule has 3 fully saturated rings. The molecular formula is C23H32ClNO4. The van der Waals surface area contributed by atoms with E-state index < -0.39 is 5.60 Å². The Morgan fingerprint density at radius 1 is 1.28 bits per heavy atom. The van der Waals surface area contributed by atoms with Gasteiger partial charge >= 0.3 is 0 Å². The summed E-state index contributed by atoms with van der Waals surface area (Å²) in [5.74, 6) is 0.0527. The number of likely N-dealkylation sites (tertiary alicyclic amines) is 1. The van der Waals surface area contributed by atoms with Gasteiger partial charge in [0, 0.05) is 23.7 Å². The quantitative estimate of drug-likeness (QED) is 0.799. The fourth-order valence-electron chi connectivity index (χ4n) is 5.11. The summed E-state index contributed by atoms with van der Waals surface area (Å²) < 4.78 is 12.6. The summed E-state index contributed by atoms with van der Waals surface area (Å²) in [6, 6.07) is 7.16. The van der Waals surface area contributed by atoms with Gasteiger partial charge < -0.3 is 19.5 Å². The Morgan fingerprint density at radius 2 is 2.00 bits per heavy atom. The first-order valence-electron chi connectivity index (χ1n) is 10.7. The van der Waals surface area contributed by atoms with Gasteiger partial charge in [0.2, 0.25) is 0 Å². The predicted molar refractivity (Wildman–Crippen MR) is 112 cm³/mol. The molecule has 0 saturated carbocycles. The van der Waals surface area contributed by atoms with E-state index in [2.05, 4.69) is 6.92 Å². The molecule has 6 heteroatoms. The number of hydrogen-bond donors (Lipinski definition) is 1. The van der Waals surface area contributed by atoms with Crippen molar-refractivity contribution >= 4 is 17.5 Å². The smallest absolute Gasteiger partial charge is 0.253 e. The number of amides is 1. The SMILES string of the molecule is CC(C)(O)[C@@H]1CC[C@](C)([C@H]2CC3(CCN(C(=O)c4cccc(Cl)c4)CC3)CO2)O1. The topological polar surface area (TPSA) is 59.0 Å². The van der Waals surface area contributed by atoms with Crippen LogP contribution in [0.4, 0.5) is 0 Å². The molecule has 1 N–H and O–H groups in total. The van der Waals surface area contributed by atoms with Crippen LogP contribution in [0.2, 0.25) is 5.02 Å². The van der Waals surface area contributed by atoms with Gasteiger partial charge in [0.05, 0.1) is 30.0 Å². The van der Waals surface area contributed by atoms with E-state index in [1.54, 1.807) is 12.1 Å². The van der Waals surface area contributed by atoms with Crippen LogP contribution in [0, 0.1) is 5.41 Å². The van der Waals surface area contributed by atoms with Gasteiger partial charge in [0.1, 0.15) is 0 Å². The molecule has 0 radical (unpaired) electrons. The highest BCUT2D eigenvalue weighted by Gasteiger charge is 2.53. The monoisotopic (exact) mass is 421 g/mol. The third-order valence-electron chi connectivity index (χ3n) is 7.18. The van der Waals surface area contributed by atoms with Gasteiger partial charge in [-0.05, 0) is 76.5 Å². The molecule has 5 nitrogen and oxygen atoms in total. The van der Waals surface area contributed by atoms with Gasteiger partial charge in [-0.3, -0.25) is 4.79 Å². The normalized spacial score (nSPS) is 32.1. The van der Waals surface area contributed by atoms with Crippen LogP contribution in [-0.4, -0.2) is 59.0 Å². The molecule has 3 atom stereocenters. The maximum atomic E-state index is 12.8. The molecule has 0 aromatic heterocycles. The van der Waals surface area contributed by atoms with E-state index in [9.17, 15) is 9.90 Å². The zero-order valence-electron chi connectivity index (χ0n) is 17.6. The molecule has 1 amide bonds. The lowest BCUT2D eigenvalue weighted by atomic mass is 9.74. The van der Waals surface area contributed by atoms with Crippen molar-refractivity contribution in [2.24, 2.45) is 5.41 Å². The number of carbonyl (C=O) groups is 1. The van der Waals surface area contributed by atoms with E-state index in [1.165, 1.54) is 0 Å². The molecule has 3 aliphatic heterocycles. The van der Waals surface area contributed by atoms with Crippen LogP contribution in [0.5, 0.6) is 0 Å². The molecule has 160 valence electrons. The number of ether oxygens (including phenoxy) is 2. The van der Waals surface area contributed by atoms with Crippen molar-refractivity contribution in [3.05, 3.63) is 34.9 Å². The Balaban J connectivity index is 1.36. The maximum absolute atomic E-state index is 12.8. The molecule has 3 heterocycles. The van der Waals surface area contributed by atoms with Crippen LogP contribution in [-0.2, 0) is 9.47 Å². The minimum Gasteiger partial charge on any atom is -0.388 e. The van der Waals surface area contributed by atoms with Crippen LogP contribution in [0.1, 0.15) is 63.2 Å². The second-order valence-electron chi connectivity index (χ2n) is 9.92. The molecule has 29 heavy (non-hydrogen) atoms. The molecule has 3 aliphatic rings. The number of hydrogen-bond acceptors (Lipinski definition) is 4. The molecule has 4 rings (SSSR count). The van der Waals surface area contributed by atoms with Gasteiger partial charge in [-0.1, -0.05) is 17.7 Å². The molecular weight excluding hydrogens is 390 g/mol. The highest BCUT2D eigenvalue weighted by Crippen LogP contribution is 2.49. The van der Waals surface area contributed by atoms with Crippen molar-refractivity contribution in [2.75, 3.05) is 19.7 Å². The standard InChI is InChI=1S/C23H32ClNO4/c1-21(2,27)18-7-8-22(3,29-18)19-14-23(15-28-19)9-11-25(12-10-23)20(26)16-5-4-6-17(24)13-16/h4-6,13,18-19,27H,7-12,14-15H2,1-3H3/t18-,19+,22+/m0/s1. The lowest BCUT2D eigenvalue weighted by Crippen LogP contribution is -2.45. The number of carbonyl (C=O) groups excluding carboxylic acids is 1. The molecule has 0 unspecified atom stereocenters. The van der Waals surface area contributed by atoms with E-state index in [0.29, 0.717) is 10.6 Å². The van der Waals surface area contributed by atoms with Gasteiger partial charge in [-0.2, -0.15) is 0 Å². The van der Waals surface area contributed by atoms with E-state index in [-0.39, 0.29) is 29.1 Å². The summed E-state index contributed by atoms with van der Waals surface area (Å²) in [7, 11) is 0. The number of nitrogens with zero attached hydrogens (tertiary/aromatic N) is 1. The third kappa shape index (κ3) is 4.20. The zero-order valence-corrected chi connectivity index (χ0v) is 18.4. The first-order valence-corrected chi connectivity index (χ1v) is 11.0. The van der Waals surface area contributed by atoms with Gasteiger partial charge in [0.15, 0.2) is 0 Å². The minimum atomic E-state index is -0.833. The number of piperidine rings is 1. The van der Waals surface area contributed by atoms with Crippen LogP contribution in [0.15, 0.2) is 24.3 Å². The van der Waals surface area contributed by atoms with Gasteiger partial charge in [0.25, 0.3) is 5.91 Å². The van der Waals surface area contributed by atoms with E-state index in [0.717, 1.165) is 51.8 Å². The summed E-state index contributed by atoms with van der Waals surface area (Å²) in [6.07, 6.45) is 4.51. The Kier molecular flexibility index (Phi) is 5.48. The summed E-state index contributed by atoms with van der Waals surface area (Å²) in [6.45, 7) is 7.96. The van der Waals surface area contributed by atoms with Crippen molar-refractivity contribution in [2.45, 2.75) is 76.3 Å². The zero-order chi connectivity index (χ0) is 20.9. The molecule has 1 spiro atoms. The molecule has 0 aliphatic carbocycles. The van der Waals surface area contributed by atoms with Crippen molar-refractivity contribution in [1.29, 1.82) is 0 Å². The fourth-order valence-corrected chi connectivity index (χ4v) is 5.30. The summed E-state index contributed by atoms with van der Waals surface area (Å²) in [4.78, 5) is 14.7. The van der Waals surface area contributed by atoms with Gasteiger partial charge in [-0.25, -0.2) is 0 Å². The first kappa shape index (κ1) is 21.1. The van der Waals surface area contributed by atoms with Crippen LogP contribution in [0.25, 0.3) is 0 Å². The maximum Gasteiger partial charge on any atom is 0.253 e. The highest BCUT2D eigenvalue weighted by molar-refractivity contribution is 6.30. The molecule has 1 aromatic rings. The average molecular weight is 422 g/mol. The number of halogens is 1. The number of aliphatic hydroxyl groups is 1. The highest BCUT2D eigenvalue weighted by atomic mass is 35.5. The van der Waals surface area contributed by atoms with Crippen molar-refractivity contribution < 1.29 is 19.4 Å². The lowest BCUT2D eigenvalue weighted by Gasteiger charge is -2.39. The Labute approximate surface area is 178 Å². The largest absolute Gasteiger partial charge is 0.388 e. The summed E-state index contributed by atoms with van der Waals surface area (Å²) in [5, 5.41) is 10.9. The molecule has 1 aromatic carbocycles. The average Bonchev–Trinajstić information content (AvgIpc) is 3.27. The summed E-state index contributed by atoms with van der Waals surface area (Å²) in [5.41, 5.74) is -0.407. The van der Waals surface area contributed by atoms with Crippen molar-refractivity contribution in [1.82, 2.24) is 4.90 Å². The third-order valence-corrected chi connectivity index (χ3v) is 7.41. The summed E-state index contributed by atoms with van der Waals surface area (Å²) >= 11 is 6.04. The van der Waals surface area contributed by atoms with Crippen LogP contribution in [0.3, 0.4) is 0 Å². The predicted octanol–water partition coefficient (Wildman–Crippen LogP) is 4.06. The van der Waals surface area contributed by atoms with Crippen LogP contribution >= 0.6 is 11.6 Å². The fraction of sp³-hybridized carbons (Fsp3) is 0.696. The number of benzene rings is 1. The first-order chi connectivity index (χ1) is 13.6. The Morgan fingerprint density at radius 3 is 2.62 bits per heavy atom. The molecule has 3 saturated heterocycles. The Bertz CT molecular complexity index is 768.